The van der Waals surface area contributed by atoms with Crippen molar-refractivity contribution in [2.75, 3.05) is 41.8 Å². The van der Waals surface area contributed by atoms with Crippen molar-refractivity contribution in [1.29, 1.82) is 0 Å². The van der Waals surface area contributed by atoms with Crippen LogP contribution in [0.3, 0.4) is 0 Å². The summed E-state index contributed by atoms with van der Waals surface area (Å²) >= 11 is 0. The largest absolute Gasteiger partial charge is 0.378 e. The third-order valence-corrected chi connectivity index (χ3v) is 5.18. The fraction of sp³-hybridized carbons (Fsp3) is 0.217. The number of nitrogens with zero attached hydrogens (tertiary/aromatic N) is 5. The van der Waals surface area contributed by atoms with Gasteiger partial charge >= 0.3 is 0 Å². The molecule has 0 spiro atoms. The first-order valence-corrected chi connectivity index (χ1v) is 10.3. The van der Waals surface area contributed by atoms with E-state index in [1.807, 2.05) is 30.5 Å². The number of pyridine rings is 2. The first-order chi connectivity index (χ1) is 15.3. The van der Waals surface area contributed by atoms with Crippen molar-refractivity contribution in [1.82, 2.24) is 19.9 Å². The summed E-state index contributed by atoms with van der Waals surface area (Å²) in [6.07, 6.45) is 5.16. The quantitative estimate of drug-likeness (QED) is 0.496. The molecule has 3 aromatic heterocycles. The van der Waals surface area contributed by atoms with Gasteiger partial charge in [-0.1, -0.05) is 6.07 Å². The number of ether oxygens (including phenoxy) is 1. The zero-order valence-electron chi connectivity index (χ0n) is 17.0. The van der Waals surface area contributed by atoms with Gasteiger partial charge in [0.25, 0.3) is 0 Å². The molecule has 2 N–H and O–H groups in total. The number of aromatic nitrogens is 4. The number of rotatable bonds is 6. The molecule has 0 aliphatic carbocycles. The SMILES string of the molecule is c1cncc(CNc2ccc3ncnc(Nc4ccc(N5CCOCC5)cc4)c3n2)c1. The Hall–Kier alpha value is -3.78. The summed E-state index contributed by atoms with van der Waals surface area (Å²) in [4.78, 5) is 20.0. The van der Waals surface area contributed by atoms with Crippen molar-refractivity contribution >= 4 is 34.0 Å². The molecule has 1 aromatic carbocycles. The van der Waals surface area contributed by atoms with E-state index >= 15 is 0 Å². The summed E-state index contributed by atoms with van der Waals surface area (Å²) in [5.74, 6) is 1.44. The molecule has 1 aliphatic rings. The zero-order chi connectivity index (χ0) is 20.9. The third kappa shape index (κ3) is 4.54. The minimum Gasteiger partial charge on any atom is -0.378 e. The summed E-state index contributed by atoms with van der Waals surface area (Å²) in [6, 6.07) is 16.2. The molecule has 0 radical (unpaired) electrons. The molecule has 31 heavy (non-hydrogen) atoms. The molecule has 8 heteroatoms. The molecule has 156 valence electrons. The van der Waals surface area contributed by atoms with Gasteiger partial charge in [-0.15, -0.1) is 0 Å². The molecule has 0 saturated carbocycles. The number of hydrogen-bond donors (Lipinski definition) is 2. The van der Waals surface area contributed by atoms with Crippen LogP contribution in [0.2, 0.25) is 0 Å². The van der Waals surface area contributed by atoms with Crippen LogP contribution < -0.4 is 15.5 Å². The van der Waals surface area contributed by atoms with Gasteiger partial charge < -0.3 is 20.3 Å². The minimum absolute atomic E-state index is 0.645. The topological polar surface area (TPSA) is 88.1 Å². The lowest BCUT2D eigenvalue weighted by Gasteiger charge is -2.28. The standard InChI is InChI=1S/C23H23N7O/c1-2-17(14-24-9-1)15-25-21-8-7-20-22(29-21)23(27-16-26-20)28-18-3-5-19(6-4-18)30-10-12-31-13-11-30/h1-9,14,16H,10-13,15H2,(H,25,29)(H,26,27,28). The molecular formula is C23H23N7O. The van der Waals surface area contributed by atoms with Crippen LogP contribution in [0.1, 0.15) is 5.56 Å². The monoisotopic (exact) mass is 413 g/mol. The Balaban J connectivity index is 1.34. The van der Waals surface area contributed by atoms with Gasteiger partial charge in [-0.05, 0) is 48.0 Å². The Morgan fingerprint density at radius 2 is 1.84 bits per heavy atom. The van der Waals surface area contributed by atoms with E-state index in [2.05, 4.69) is 54.8 Å². The van der Waals surface area contributed by atoms with E-state index in [4.69, 9.17) is 9.72 Å². The smallest absolute Gasteiger partial charge is 0.160 e. The number of benzene rings is 1. The van der Waals surface area contributed by atoms with Crippen molar-refractivity contribution in [2.45, 2.75) is 6.54 Å². The van der Waals surface area contributed by atoms with E-state index in [-0.39, 0.29) is 0 Å². The van der Waals surface area contributed by atoms with Crippen LogP contribution in [0, 0.1) is 0 Å². The van der Waals surface area contributed by atoms with E-state index in [0.29, 0.717) is 12.4 Å². The van der Waals surface area contributed by atoms with Crippen LogP contribution in [-0.4, -0.2) is 46.2 Å². The van der Waals surface area contributed by atoms with Crippen molar-refractivity contribution in [3.8, 4) is 0 Å². The molecule has 8 nitrogen and oxygen atoms in total. The van der Waals surface area contributed by atoms with Gasteiger partial charge in [0.05, 0.1) is 18.7 Å². The van der Waals surface area contributed by atoms with Gasteiger partial charge in [0.2, 0.25) is 0 Å². The Morgan fingerprint density at radius 3 is 2.65 bits per heavy atom. The predicted molar refractivity (Wildman–Crippen MR) is 122 cm³/mol. The average Bonchev–Trinajstić information content (AvgIpc) is 2.85. The number of nitrogens with one attached hydrogen (secondary N) is 2. The van der Waals surface area contributed by atoms with Crippen LogP contribution in [0.4, 0.5) is 23.0 Å². The maximum absolute atomic E-state index is 5.43. The molecule has 1 aliphatic heterocycles. The van der Waals surface area contributed by atoms with Gasteiger partial charge in [0.1, 0.15) is 17.7 Å². The highest BCUT2D eigenvalue weighted by Crippen LogP contribution is 2.25. The summed E-state index contributed by atoms with van der Waals surface area (Å²) in [6.45, 7) is 4.03. The molecule has 0 amide bonds. The van der Waals surface area contributed by atoms with Gasteiger partial charge in [0.15, 0.2) is 5.82 Å². The molecule has 1 fully saturated rings. The van der Waals surface area contributed by atoms with Crippen LogP contribution in [0.15, 0.2) is 67.3 Å². The summed E-state index contributed by atoms with van der Waals surface area (Å²) in [5, 5.41) is 6.72. The van der Waals surface area contributed by atoms with Crippen molar-refractivity contribution in [2.24, 2.45) is 0 Å². The van der Waals surface area contributed by atoms with Crippen LogP contribution >= 0.6 is 0 Å². The summed E-state index contributed by atoms with van der Waals surface area (Å²) in [5.41, 5.74) is 4.74. The zero-order valence-corrected chi connectivity index (χ0v) is 17.0. The van der Waals surface area contributed by atoms with Gasteiger partial charge in [-0.2, -0.15) is 0 Å². The Labute approximate surface area is 180 Å². The lowest BCUT2D eigenvalue weighted by atomic mass is 10.2. The van der Waals surface area contributed by atoms with Crippen molar-refractivity contribution < 1.29 is 4.74 Å². The lowest BCUT2D eigenvalue weighted by Crippen LogP contribution is -2.36. The molecule has 4 heterocycles. The normalized spacial score (nSPS) is 13.9. The lowest BCUT2D eigenvalue weighted by molar-refractivity contribution is 0.122. The van der Waals surface area contributed by atoms with Gasteiger partial charge in [-0.3, -0.25) is 4.98 Å². The molecule has 0 unspecified atom stereocenters. The van der Waals surface area contributed by atoms with Crippen LogP contribution in [-0.2, 0) is 11.3 Å². The molecular weight excluding hydrogens is 390 g/mol. The second-order valence-corrected chi connectivity index (χ2v) is 7.27. The highest BCUT2D eigenvalue weighted by Gasteiger charge is 2.12. The van der Waals surface area contributed by atoms with E-state index < -0.39 is 0 Å². The molecule has 4 aromatic rings. The van der Waals surface area contributed by atoms with E-state index in [1.165, 1.54) is 5.69 Å². The Bertz CT molecular complexity index is 1150. The number of anilines is 4. The number of morpholine rings is 1. The second-order valence-electron chi connectivity index (χ2n) is 7.27. The molecule has 1 saturated heterocycles. The minimum atomic E-state index is 0.645. The number of hydrogen-bond acceptors (Lipinski definition) is 8. The first kappa shape index (κ1) is 19.2. The molecule has 0 atom stereocenters. The summed E-state index contributed by atoms with van der Waals surface area (Å²) < 4.78 is 5.43. The van der Waals surface area contributed by atoms with Crippen molar-refractivity contribution in [3.05, 3.63) is 72.8 Å². The Morgan fingerprint density at radius 1 is 0.968 bits per heavy atom. The fourth-order valence-electron chi connectivity index (χ4n) is 3.54. The fourth-order valence-corrected chi connectivity index (χ4v) is 3.54. The highest BCUT2D eigenvalue weighted by molar-refractivity contribution is 5.88. The van der Waals surface area contributed by atoms with E-state index in [1.54, 1.807) is 12.5 Å². The van der Waals surface area contributed by atoms with Gasteiger partial charge in [0, 0.05) is 43.4 Å². The maximum atomic E-state index is 5.43. The average molecular weight is 413 g/mol. The number of fused-ring (bicyclic) bond motifs is 1. The van der Waals surface area contributed by atoms with Crippen molar-refractivity contribution in [3.63, 3.8) is 0 Å². The highest BCUT2D eigenvalue weighted by atomic mass is 16.5. The molecule has 5 rings (SSSR count). The molecule has 0 bridgehead atoms. The summed E-state index contributed by atoms with van der Waals surface area (Å²) in [7, 11) is 0. The third-order valence-electron chi connectivity index (χ3n) is 5.18. The van der Waals surface area contributed by atoms with E-state index in [0.717, 1.165) is 54.4 Å². The maximum Gasteiger partial charge on any atom is 0.160 e. The first-order valence-electron chi connectivity index (χ1n) is 10.3. The Kier molecular flexibility index (Phi) is 5.53. The predicted octanol–water partition coefficient (Wildman–Crippen LogP) is 3.61. The van der Waals surface area contributed by atoms with Crippen LogP contribution in [0.5, 0.6) is 0 Å². The van der Waals surface area contributed by atoms with Crippen LogP contribution in [0.25, 0.3) is 11.0 Å². The second kappa shape index (κ2) is 8.93. The van der Waals surface area contributed by atoms with E-state index in [9.17, 15) is 0 Å². The van der Waals surface area contributed by atoms with Gasteiger partial charge in [-0.25, -0.2) is 15.0 Å².